The predicted octanol–water partition coefficient (Wildman–Crippen LogP) is 4.30. The Morgan fingerprint density at radius 1 is 0.583 bits per heavy atom. The van der Waals surface area contributed by atoms with E-state index in [0.29, 0.717) is 11.1 Å². The fourth-order valence-electron chi connectivity index (χ4n) is 10.7. The molecule has 1 fully saturated rings. The Bertz CT molecular complexity index is 2530. The van der Waals surface area contributed by atoms with Crippen LogP contribution in [0.2, 0.25) is 0 Å². The van der Waals surface area contributed by atoms with Crippen molar-refractivity contribution in [3.05, 3.63) is 106 Å². The van der Waals surface area contributed by atoms with Crippen LogP contribution in [-0.2, 0) is 54.6 Å². The molecule has 1 saturated heterocycles. The van der Waals surface area contributed by atoms with Crippen molar-refractivity contribution in [3.63, 3.8) is 0 Å². The summed E-state index contributed by atoms with van der Waals surface area (Å²) in [5, 5.41) is 21.4. The summed E-state index contributed by atoms with van der Waals surface area (Å²) in [5.74, 6) is -2.60. The normalized spacial score (nSPS) is 22.4. The van der Waals surface area contributed by atoms with Crippen molar-refractivity contribution in [2.24, 2.45) is 10.8 Å². The van der Waals surface area contributed by atoms with Gasteiger partial charge in [0.15, 0.2) is 0 Å². The number of hydrogen-bond donors (Lipinski definition) is 7. The van der Waals surface area contributed by atoms with Gasteiger partial charge in [0, 0.05) is 31.1 Å². The fourth-order valence-corrected chi connectivity index (χ4v) is 10.7. The van der Waals surface area contributed by atoms with Crippen LogP contribution in [0.15, 0.2) is 66.7 Å². The number of nitrogens with one attached hydrogen (secondary N) is 7. The van der Waals surface area contributed by atoms with E-state index in [1.54, 1.807) is 45.0 Å². The summed E-state index contributed by atoms with van der Waals surface area (Å²) in [6.45, 7) is 14.7. The largest absolute Gasteiger partial charge is 0.347 e. The molecule has 0 aromatic heterocycles. The number of hydrogen-bond acceptors (Lipinski definition) is 9. The van der Waals surface area contributed by atoms with Crippen LogP contribution in [0.5, 0.6) is 0 Å². The Kier molecular flexibility index (Phi) is 16.6. The van der Waals surface area contributed by atoms with E-state index in [9.17, 15) is 33.6 Å². The highest BCUT2D eigenvalue weighted by atomic mass is 16.2. The summed E-state index contributed by atoms with van der Waals surface area (Å²) in [5.41, 5.74) is 4.81. The van der Waals surface area contributed by atoms with Crippen molar-refractivity contribution in [2.45, 2.75) is 168 Å². The zero-order chi connectivity index (χ0) is 52.2. The summed E-state index contributed by atoms with van der Waals surface area (Å²) in [6, 6.07) is 15.4. The lowest BCUT2D eigenvalue weighted by Gasteiger charge is -2.42. The third-order valence-electron chi connectivity index (χ3n) is 15.2. The molecule has 2 aliphatic carbocycles. The number of likely N-dealkylation sites (N-methyl/N-ethyl adjacent to an activating group) is 2. The summed E-state index contributed by atoms with van der Waals surface area (Å²) in [6.07, 6.45) is 5.47. The van der Waals surface area contributed by atoms with E-state index in [1.165, 1.54) is 16.0 Å². The molecule has 0 saturated carbocycles. The van der Waals surface area contributed by atoms with Crippen LogP contribution >= 0.6 is 0 Å². The van der Waals surface area contributed by atoms with E-state index < -0.39 is 70.8 Å². The number of aryl methyl sites for hydroxylation is 2. The lowest BCUT2D eigenvalue weighted by atomic mass is 9.83. The number of carbonyl (C=O) groups is 7. The van der Waals surface area contributed by atoms with Gasteiger partial charge in [-0.15, -0.1) is 0 Å². The number of benzene rings is 3. The molecule has 72 heavy (non-hydrogen) atoms. The topological polar surface area (TPSA) is 210 Å². The van der Waals surface area contributed by atoms with Gasteiger partial charge in [0.1, 0.15) is 24.2 Å². The molecule has 7 amide bonds. The average Bonchev–Trinajstić information content (AvgIpc) is 3.78. The second-order valence-corrected chi connectivity index (χ2v) is 22.5. The van der Waals surface area contributed by atoms with Gasteiger partial charge in [-0.05, 0) is 129 Å². The number of nitrogens with zero attached hydrogens (tertiary/aromatic N) is 2. The van der Waals surface area contributed by atoms with E-state index in [-0.39, 0.29) is 61.6 Å². The second-order valence-electron chi connectivity index (χ2n) is 22.5. The van der Waals surface area contributed by atoms with E-state index in [0.717, 1.165) is 55.2 Å². The first-order valence-corrected chi connectivity index (χ1v) is 25.8. The molecule has 7 rings (SSSR count). The molecule has 3 aromatic rings. The Hall–Kier alpha value is -6.13. The Morgan fingerprint density at radius 2 is 1.07 bits per heavy atom. The maximum atomic E-state index is 15.0. The molecule has 3 aromatic carbocycles. The van der Waals surface area contributed by atoms with Crippen molar-refractivity contribution in [2.75, 3.05) is 20.6 Å². The minimum Gasteiger partial charge on any atom is -0.347 e. The lowest BCUT2D eigenvalue weighted by molar-refractivity contribution is -0.147. The standard InChI is InChI=1S/C56H77N9O7/c1-32(57-9)48(66)62-46(55(3,4)5)53(71)64-30-38-27-37(26-25-36(38)28-44(64)51(69)60-42-23-15-19-34-17-11-13-21-40(34)42)50(68)59-39-29-45(52(70)61-43-24-16-20-35-18-12-14-22-41(35)43)65(31-39)54(72)47(56(6,7)8)63-49(67)33(2)58-10/h11-14,17-18,21-22,25-27,32-33,39,42-47,57-58H,15-16,19-20,23-24,28-31H2,1-10H3,(H,59,68)(H,60,69)(H,61,70)(H,62,66)(H,63,67)/t32-,33-,39-,42?,43+,44-,45?,46?,47+/m0/s1. The van der Waals surface area contributed by atoms with Gasteiger partial charge < -0.3 is 47.0 Å². The minimum atomic E-state index is -0.983. The van der Waals surface area contributed by atoms with Crippen LogP contribution in [-0.4, -0.2) is 114 Å². The Labute approximate surface area is 425 Å². The first-order chi connectivity index (χ1) is 34.1. The minimum absolute atomic E-state index is 0.00296. The summed E-state index contributed by atoms with van der Waals surface area (Å²) < 4.78 is 0. The van der Waals surface area contributed by atoms with Crippen LogP contribution < -0.4 is 37.2 Å². The third-order valence-corrected chi connectivity index (χ3v) is 15.2. The molecule has 0 bridgehead atoms. The molecule has 16 heteroatoms. The van der Waals surface area contributed by atoms with E-state index in [2.05, 4.69) is 49.4 Å². The first-order valence-electron chi connectivity index (χ1n) is 25.8. The highest BCUT2D eigenvalue weighted by molar-refractivity contribution is 5.97. The molecule has 3 unspecified atom stereocenters. The van der Waals surface area contributed by atoms with E-state index in [4.69, 9.17) is 0 Å². The van der Waals surface area contributed by atoms with Gasteiger partial charge >= 0.3 is 0 Å². The van der Waals surface area contributed by atoms with Crippen molar-refractivity contribution < 1.29 is 33.6 Å². The van der Waals surface area contributed by atoms with E-state index in [1.807, 2.05) is 84.0 Å². The van der Waals surface area contributed by atoms with Crippen LogP contribution in [0.25, 0.3) is 0 Å². The Balaban J connectivity index is 1.16. The van der Waals surface area contributed by atoms with Crippen LogP contribution in [0.3, 0.4) is 0 Å². The number of fused-ring (bicyclic) bond motifs is 3. The van der Waals surface area contributed by atoms with E-state index >= 15 is 0 Å². The number of carbonyl (C=O) groups excluding carboxylic acids is 7. The molecule has 0 radical (unpaired) electrons. The average molecular weight is 988 g/mol. The number of rotatable bonds is 14. The molecular formula is C56H77N9O7. The highest BCUT2D eigenvalue weighted by Gasteiger charge is 2.47. The van der Waals surface area contributed by atoms with Gasteiger partial charge in [-0.1, -0.05) is 96.1 Å². The maximum Gasteiger partial charge on any atom is 0.251 e. The summed E-state index contributed by atoms with van der Waals surface area (Å²) in [4.78, 5) is 103. The van der Waals surface area contributed by atoms with Crippen molar-refractivity contribution in [3.8, 4) is 0 Å². The maximum absolute atomic E-state index is 15.0. The zero-order valence-electron chi connectivity index (χ0n) is 43.9. The molecule has 4 aliphatic rings. The molecule has 16 nitrogen and oxygen atoms in total. The SMILES string of the molecule is CN[C@@H](C)C(=O)NC(C(=O)N1Cc2cc(C(=O)N[C@H]3CC(C(=O)N[C@@H]4CCCc5ccccc54)N(C(=O)[C@@H](NC(=O)[C@H](C)NC)C(C)(C)C)C3)ccc2C[C@H]1C(=O)NC1CCCc2ccccc21)C(C)(C)C. The van der Waals surface area contributed by atoms with Crippen LogP contribution in [0, 0.1) is 10.8 Å². The Morgan fingerprint density at radius 3 is 1.57 bits per heavy atom. The monoisotopic (exact) mass is 988 g/mol. The van der Waals surface area contributed by atoms with Gasteiger partial charge in [0.2, 0.25) is 35.4 Å². The predicted molar refractivity (Wildman–Crippen MR) is 276 cm³/mol. The smallest absolute Gasteiger partial charge is 0.251 e. The molecule has 388 valence electrons. The molecule has 2 heterocycles. The van der Waals surface area contributed by atoms with Crippen molar-refractivity contribution >= 4 is 41.4 Å². The van der Waals surface area contributed by atoms with Gasteiger partial charge in [-0.25, -0.2) is 0 Å². The second kappa shape index (κ2) is 22.3. The van der Waals surface area contributed by atoms with Crippen molar-refractivity contribution in [1.82, 2.24) is 47.0 Å². The molecule has 2 aliphatic heterocycles. The first kappa shape index (κ1) is 53.7. The third kappa shape index (κ3) is 12.0. The molecule has 9 atom stereocenters. The van der Waals surface area contributed by atoms with Gasteiger partial charge in [-0.3, -0.25) is 33.6 Å². The summed E-state index contributed by atoms with van der Waals surface area (Å²) >= 11 is 0. The number of likely N-dealkylation sites (tertiary alicyclic amines) is 1. The van der Waals surface area contributed by atoms with Crippen LogP contribution in [0.1, 0.15) is 143 Å². The molecular weight excluding hydrogens is 911 g/mol. The molecule has 0 spiro atoms. The van der Waals surface area contributed by atoms with Gasteiger partial charge in [-0.2, -0.15) is 0 Å². The van der Waals surface area contributed by atoms with Gasteiger partial charge in [0.25, 0.3) is 5.91 Å². The fraction of sp³-hybridized carbons (Fsp3) is 0.554. The van der Waals surface area contributed by atoms with Crippen LogP contribution in [0.4, 0.5) is 0 Å². The molecule has 7 N–H and O–H groups in total. The summed E-state index contributed by atoms with van der Waals surface area (Å²) in [7, 11) is 3.33. The van der Waals surface area contributed by atoms with Crippen molar-refractivity contribution in [1.29, 1.82) is 0 Å². The number of amides is 7. The quantitative estimate of drug-likeness (QED) is 0.123. The highest BCUT2D eigenvalue weighted by Crippen LogP contribution is 2.34. The lowest BCUT2D eigenvalue weighted by Crippen LogP contribution is -2.62. The zero-order valence-corrected chi connectivity index (χ0v) is 43.9. The van der Waals surface area contributed by atoms with Gasteiger partial charge in [0.05, 0.1) is 24.2 Å².